The Kier molecular flexibility index (Phi) is 3.93. The summed E-state index contributed by atoms with van der Waals surface area (Å²) >= 11 is 0. The van der Waals surface area contributed by atoms with E-state index in [2.05, 4.69) is 10.3 Å². The molecule has 0 aliphatic rings. The molecule has 0 fully saturated rings. The van der Waals surface area contributed by atoms with Crippen molar-refractivity contribution < 1.29 is 8.42 Å². The molecule has 7 heteroatoms. The number of aromatic nitrogens is 3. The average molecular weight is 364 g/mol. The highest BCUT2D eigenvalue weighted by Gasteiger charge is 2.15. The lowest BCUT2D eigenvalue weighted by atomic mass is 10.1. The fourth-order valence-corrected chi connectivity index (χ4v) is 3.37. The van der Waals surface area contributed by atoms with Gasteiger partial charge in [0.1, 0.15) is 23.0 Å². The van der Waals surface area contributed by atoms with Gasteiger partial charge in [-0.25, -0.2) is 18.4 Å². The second-order valence-corrected chi connectivity index (χ2v) is 7.89. The maximum atomic E-state index is 11.7. The second kappa shape index (κ2) is 6.27. The summed E-state index contributed by atoms with van der Waals surface area (Å²) in [6.45, 7) is 0. The summed E-state index contributed by atoms with van der Waals surface area (Å²) in [5.41, 5.74) is 2.33. The SMILES string of the molecule is CS(=O)(=O)c1ccc(-c2nc3ccccn3c2Nc2ccccn2)cc1. The minimum atomic E-state index is -3.24. The van der Waals surface area contributed by atoms with E-state index < -0.39 is 9.84 Å². The number of pyridine rings is 2. The molecule has 0 aliphatic carbocycles. The fraction of sp³-hybridized carbons (Fsp3) is 0.0526. The zero-order valence-corrected chi connectivity index (χ0v) is 14.8. The second-order valence-electron chi connectivity index (χ2n) is 5.87. The van der Waals surface area contributed by atoms with Crippen LogP contribution >= 0.6 is 0 Å². The monoisotopic (exact) mass is 364 g/mol. The van der Waals surface area contributed by atoms with E-state index in [0.717, 1.165) is 22.7 Å². The molecule has 0 radical (unpaired) electrons. The van der Waals surface area contributed by atoms with Gasteiger partial charge in [-0.1, -0.05) is 24.3 Å². The molecule has 0 amide bonds. The van der Waals surface area contributed by atoms with Gasteiger partial charge < -0.3 is 5.32 Å². The Labute approximate surface area is 151 Å². The molecule has 0 saturated heterocycles. The Hall–Kier alpha value is -3.19. The Balaban J connectivity index is 1.85. The van der Waals surface area contributed by atoms with Crippen LogP contribution in [-0.4, -0.2) is 29.0 Å². The van der Waals surface area contributed by atoms with E-state index in [4.69, 9.17) is 4.98 Å². The van der Waals surface area contributed by atoms with Crippen LogP contribution in [0.5, 0.6) is 0 Å². The molecule has 3 aromatic heterocycles. The van der Waals surface area contributed by atoms with Gasteiger partial charge in [-0.2, -0.15) is 0 Å². The van der Waals surface area contributed by atoms with E-state index in [1.54, 1.807) is 30.5 Å². The van der Waals surface area contributed by atoms with Crippen LogP contribution in [0.15, 0.2) is 78.0 Å². The molecule has 26 heavy (non-hydrogen) atoms. The van der Waals surface area contributed by atoms with E-state index in [0.29, 0.717) is 5.82 Å². The standard InChI is InChI=1S/C19H16N4O2S/c1-26(24,25)15-10-8-14(9-11-15)18-19(21-16-6-2-4-12-20-16)23-13-5-3-7-17(23)22-18/h2-13H,1H3,(H,20,21). The Bertz CT molecular complexity index is 1170. The van der Waals surface area contributed by atoms with Crippen molar-refractivity contribution in [3.05, 3.63) is 73.1 Å². The summed E-state index contributed by atoms with van der Waals surface area (Å²) < 4.78 is 25.3. The van der Waals surface area contributed by atoms with Crippen molar-refractivity contribution in [2.75, 3.05) is 11.6 Å². The predicted octanol–water partition coefficient (Wildman–Crippen LogP) is 3.54. The molecule has 6 nitrogen and oxygen atoms in total. The summed E-state index contributed by atoms with van der Waals surface area (Å²) in [7, 11) is -3.24. The lowest BCUT2D eigenvalue weighted by Gasteiger charge is -2.08. The topological polar surface area (TPSA) is 76.4 Å². The van der Waals surface area contributed by atoms with Gasteiger partial charge in [-0.3, -0.25) is 4.40 Å². The van der Waals surface area contributed by atoms with Crippen LogP contribution in [0.3, 0.4) is 0 Å². The van der Waals surface area contributed by atoms with Crippen molar-refractivity contribution in [2.45, 2.75) is 4.90 Å². The minimum Gasteiger partial charge on any atom is -0.324 e. The number of sulfone groups is 1. The average Bonchev–Trinajstić information content (AvgIpc) is 3.01. The molecule has 0 saturated carbocycles. The Morgan fingerprint density at radius 3 is 2.42 bits per heavy atom. The molecule has 3 heterocycles. The molecule has 4 rings (SSSR count). The summed E-state index contributed by atoms with van der Waals surface area (Å²) in [6, 6.07) is 18.1. The van der Waals surface area contributed by atoms with Crippen LogP contribution in [0.25, 0.3) is 16.9 Å². The van der Waals surface area contributed by atoms with E-state index in [9.17, 15) is 8.42 Å². The first-order chi connectivity index (χ1) is 12.5. The third-order valence-electron chi connectivity index (χ3n) is 4.00. The normalized spacial score (nSPS) is 11.6. The minimum absolute atomic E-state index is 0.282. The highest BCUT2D eigenvalue weighted by molar-refractivity contribution is 7.90. The van der Waals surface area contributed by atoms with Gasteiger partial charge in [0.05, 0.1) is 4.90 Å². The number of fused-ring (bicyclic) bond motifs is 1. The highest BCUT2D eigenvalue weighted by atomic mass is 32.2. The van der Waals surface area contributed by atoms with Crippen LogP contribution in [0.1, 0.15) is 0 Å². The quantitative estimate of drug-likeness (QED) is 0.599. The number of benzene rings is 1. The number of nitrogens with zero attached hydrogens (tertiary/aromatic N) is 3. The lowest BCUT2D eigenvalue weighted by Crippen LogP contribution is -1.99. The zero-order chi connectivity index (χ0) is 18.1. The molecule has 0 aliphatic heterocycles. The molecule has 0 atom stereocenters. The Morgan fingerprint density at radius 1 is 0.962 bits per heavy atom. The van der Waals surface area contributed by atoms with E-state index >= 15 is 0 Å². The van der Waals surface area contributed by atoms with Crippen molar-refractivity contribution in [3.8, 4) is 11.3 Å². The van der Waals surface area contributed by atoms with Gasteiger partial charge >= 0.3 is 0 Å². The van der Waals surface area contributed by atoms with E-state index in [-0.39, 0.29) is 4.90 Å². The van der Waals surface area contributed by atoms with Crippen molar-refractivity contribution in [2.24, 2.45) is 0 Å². The molecule has 0 unspecified atom stereocenters. The number of nitrogens with one attached hydrogen (secondary N) is 1. The third kappa shape index (κ3) is 3.04. The predicted molar refractivity (Wildman–Crippen MR) is 101 cm³/mol. The summed E-state index contributed by atoms with van der Waals surface area (Å²) in [4.78, 5) is 9.29. The van der Waals surface area contributed by atoms with Crippen LogP contribution in [0.4, 0.5) is 11.6 Å². The first-order valence-electron chi connectivity index (χ1n) is 7.98. The maximum absolute atomic E-state index is 11.7. The van der Waals surface area contributed by atoms with Gasteiger partial charge in [-0.15, -0.1) is 0 Å². The van der Waals surface area contributed by atoms with Crippen molar-refractivity contribution in [1.29, 1.82) is 0 Å². The molecule has 0 bridgehead atoms. The van der Waals surface area contributed by atoms with Crippen LogP contribution in [0.2, 0.25) is 0 Å². The summed E-state index contributed by atoms with van der Waals surface area (Å²) in [6.07, 6.45) is 4.83. The zero-order valence-electron chi connectivity index (χ0n) is 14.0. The fourth-order valence-electron chi connectivity index (χ4n) is 2.73. The molecular weight excluding hydrogens is 348 g/mol. The van der Waals surface area contributed by atoms with Gasteiger partial charge in [0, 0.05) is 24.2 Å². The maximum Gasteiger partial charge on any atom is 0.175 e. The summed E-state index contributed by atoms with van der Waals surface area (Å²) in [5, 5.41) is 3.31. The Morgan fingerprint density at radius 2 is 1.73 bits per heavy atom. The van der Waals surface area contributed by atoms with Crippen molar-refractivity contribution in [3.63, 3.8) is 0 Å². The van der Waals surface area contributed by atoms with Gasteiger partial charge in [0.15, 0.2) is 9.84 Å². The smallest absolute Gasteiger partial charge is 0.175 e. The highest BCUT2D eigenvalue weighted by Crippen LogP contribution is 2.31. The molecule has 1 N–H and O–H groups in total. The lowest BCUT2D eigenvalue weighted by molar-refractivity contribution is 0.602. The first kappa shape index (κ1) is 16.3. The van der Waals surface area contributed by atoms with Crippen molar-refractivity contribution in [1.82, 2.24) is 14.4 Å². The molecular formula is C19H16N4O2S. The number of hydrogen-bond donors (Lipinski definition) is 1. The number of anilines is 2. The largest absolute Gasteiger partial charge is 0.324 e. The molecule has 1 aromatic carbocycles. The number of imidazole rings is 1. The first-order valence-corrected chi connectivity index (χ1v) is 9.87. The van der Waals surface area contributed by atoms with Gasteiger partial charge in [-0.05, 0) is 36.4 Å². The van der Waals surface area contributed by atoms with Crippen molar-refractivity contribution >= 4 is 27.1 Å². The van der Waals surface area contributed by atoms with Gasteiger partial charge in [0.25, 0.3) is 0 Å². The van der Waals surface area contributed by atoms with E-state index in [1.165, 1.54) is 6.26 Å². The molecule has 4 aromatic rings. The van der Waals surface area contributed by atoms with Crippen LogP contribution in [-0.2, 0) is 9.84 Å². The summed E-state index contributed by atoms with van der Waals surface area (Å²) in [5.74, 6) is 1.47. The van der Waals surface area contributed by atoms with E-state index in [1.807, 2.05) is 47.0 Å². The van der Waals surface area contributed by atoms with Gasteiger partial charge in [0.2, 0.25) is 0 Å². The third-order valence-corrected chi connectivity index (χ3v) is 5.13. The number of hydrogen-bond acceptors (Lipinski definition) is 5. The van der Waals surface area contributed by atoms with Crippen LogP contribution in [0, 0.1) is 0 Å². The molecule has 130 valence electrons. The molecule has 0 spiro atoms. The van der Waals surface area contributed by atoms with Crippen LogP contribution < -0.4 is 5.32 Å². The number of rotatable bonds is 4.